The molecule has 0 aromatic carbocycles. The third-order valence-corrected chi connectivity index (χ3v) is 3.14. The lowest BCUT2D eigenvalue weighted by atomic mass is 10.4. The van der Waals surface area contributed by atoms with E-state index >= 15 is 0 Å². The third kappa shape index (κ3) is 2.53. The average Bonchev–Trinajstić information content (AvgIpc) is 2.48. The van der Waals surface area contributed by atoms with Crippen LogP contribution in [0.4, 0.5) is 13.2 Å². The first kappa shape index (κ1) is 11.0. The molecule has 0 saturated carbocycles. The van der Waals surface area contributed by atoms with Gasteiger partial charge in [0.2, 0.25) is 0 Å². The van der Waals surface area contributed by atoms with Crippen molar-refractivity contribution in [1.29, 1.82) is 0 Å². The van der Waals surface area contributed by atoms with E-state index < -0.39 is 5.51 Å². The summed E-state index contributed by atoms with van der Waals surface area (Å²) in [5.74, 6) is 0. The number of fused-ring (bicyclic) bond motifs is 1. The monoisotopic (exact) mass is 270 g/mol. The summed E-state index contributed by atoms with van der Waals surface area (Å²) < 4.78 is 36.5. The Balaban J connectivity index is 2.53. The molecule has 2 aromatic rings. The van der Waals surface area contributed by atoms with Gasteiger partial charge in [0.05, 0.1) is 5.51 Å². The summed E-state index contributed by atoms with van der Waals surface area (Å²) in [6.07, 6.45) is 0. The minimum absolute atomic E-state index is 0.0150. The van der Waals surface area contributed by atoms with Crippen LogP contribution in [0.15, 0.2) is 16.5 Å². The number of halogens is 4. The number of rotatable bonds is 1. The van der Waals surface area contributed by atoms with Crippen molar-refractivity contribution < 1.29 is 13.2 Å². The van der Waals surface area contributed by atoms with Crippen LogP contribution in [-0.2, 0) is 0 Å². The van der Waals surface area contributed by atoms with Gasteiger partial charge >= 0.3 is 5.51 Å². The van der Waals surface area contributed by atoms with Crippen LogP contribution in [0.2, 0.25) is 5.15 Å². The summed E-state index contributed by atoms with van der Waals surface area (Å²) >= 11 is 6.52. The Morgan fingerprint density at radius 2 is 2.13 bits per heavy atom. The van der Waals surface area contributed by atoms with Crippen LogP contribution < -0.4 is 0 Å². The molecule has 2 heterocycles. The lowest BCUT2D eigenvalue weighted by Crippen LogP contribution is -1.99. The number of nitrogens with zero attached hydrogens (tertiary/aromatic N) is 2. The van der Waals surface area contributed by atoms with E-state index in [2.05, 4.69) is 9.97 Å². The van der Waals surface area contributed by atoms with Gasteiger partial charge in [-0.1, -0.05) is 11.6 Å². The summed E-state index contributed by atoms with van der Waals surface area (Å²) in [7, 11) is 0. The van der Waals surface area contributed by atoms with Crippen molar-refractivity contribution in [2.75, 3.05) is 0 Å². The van der Waals surface area contributed by atoms with Crippen LogP contribution in [-0.4, -0.2) is 15.5 Å². The van der Waals surface area contributed by atoms with Gasteiger partial charge in [-0.3, -0.25) is 0 Å². The van der Waals surface area contributed by atoms with Gasteiger partial charge in [-0.2, -0.15) is 13.2 Å². The summed E-state index contributed by atoms with van der Waals surface area (Å²) in [5, 5.41) is 0.0403. The zero-order valence-electron chi connectivity index (χ0n) is 6.88. The third-order valence-electron chi connectivity index (χ3n) is 1.47. The lowest BCUT2D eigenvalue weighted by molar-refractivity contribution is -0.0327. The number of thioether (sulfide) groups is 1. The fourth-order valence-electron chi connectivity index (χ4n) is 0.997. The molecule has 2 nitrogen and oxygen atoms in total. The Bertz CT molecular complexity index is 496. The number of hydrogen-bond acceptors (Lipinski definition) is 4. The van der Waals surface area contributed by atoms with Crippen molar-refractivity contribution in [3.63, 3.8) is 0 Å². The summed E-state index contributed by atoms with van der Waals surface area (Å²) in [4.78, 5) is 8.08. The highest BCUT2D eigenvalue weighted by Crippen LogP contribution is 2.40. The van der Waals surface area contributed by atoms with Crippen LogP contribution in [0.3, 0.4) is 0 Å². The van der Waals surface area contributed by atoms with Crippen molar-refractivity contribution in [2.24, 2.45) is 0 Å². The van der Waals surface area contributed by atoms with E-state index in [4.69, 9.17) is 11.6 Å². The number of alkyl halides is 3. The SMILES string of the molecule is FC(F)(F)Sc1cc(Cl)nc2scnc12. The summed E-state index contributed by atoms with van der Waals surface area (Å²) in [6, 6.07) is 1.17. The van der Waals surface area contributed by atoms with Crippen molar-refractivity contribution >= 4 is 45.0 Å². The first-order valence-electron chi connectivity index (χ1n) is 3.61. The summed E-state index contributed by atoms with van der Waals surface area (Å²) in [5.41, 5.74) is -2.66. The van der Waals surface area contributed by atoms with Crippen molar-refractivity contribution in [3.8, 4) is 0 Å². The smallest absolute Gasteiger partial charge is 0.242 e. The Hall–Kier alpha value is -0.530. The van der Waals surface area contributed by atoms with Gasteiger partial charge < -0.3 is 0 Å². The highest BCUT2D eigenvalue weighted by molar-refractivity contribution is 8.00. The molecule has 2 aromatic heterocycles. The number of hydrogen-bond donors (Lipinski definition) is 0. The second-order valence-electron chi connectivity index (χ2n) is 2.50. The standard InChI is InChI=1S/C7H2ClF3N2S2/c8-4-1-3(15-7(9,10)11)5-6(13-4)14-2-12-5/h1-2H. The van der Waals surface area contributed by atoms with Gasteiger partial charge in [-0.15, -0.1) is 11.3 Å². The number of pyridine rings is 1. The molecule has 2 rings (SSSR count). The second kappa shape index (κ2) is 3.80. The Morgan fingerprint density at radius 1 is 1.40 bits per heavy atom. The normalized spacial score (nSPS) is 12.3. The molecule has 0 unspecified atom stereocenters. The predicted molar refractivity (Wildman–Crippen MR) is 54.3 cm³/mol. The molecule has 15 heavy (non-hydrogen) atoms. The van der Waals surface area contributed by atoms with E-state index in [-0.39, 0.29) is 27.3 Å². The minimum Gasteiger partial charge on any atom is -0.242 e. The molecule has 0 amide bonds. The molecule has 0 aliphatic heterocycles. The van der Waals surface area contributed by atoms with E-state index in [0.29, 0.717) is 4.83 Å². The molecule has 8 heteroatoms. The van der Waals surface area contributed by atoms with Crippen molar-refractivity contribution in [1.82, 2.24) is 9.97 Å². The molecule has 0 aliphatic carbocycles. The molecule has 0 N–H and O–H groups in total. The molecular weight excluding hydrogens is 269 g/mol. The number of aromatic nitrogens is 2. The van der Waals surface area contributed by atoms with Crippen molar-refractivity contribution in [2.45, 2.75) is 10.4 Å². The quantitative estimate of drug-likeness (QED) is 0.579. The van der Waals surface area contributed by atoms with Gasteiger partial charge in [0.1, 0.15) is 15.5 Å². The van der Waals surface area contributed by atoms with Crippen LogP contribution in [0.1, 0.15) is 0 Å². The molecule has 0 aliphatic rings. The Labute approximate surface area is 95.5 Å². The van der Waals surface area contributed by atoms with Crippen LogP contribution in [0.25, 0.3) is 10.3 Å². The van der Waals surface area contributed by atoms with Gasteiger partial charge in [-0.25, -0.2) is 9.97 Å². The van der Waals surface area contributed by atoms with Crippen LogP contribution in [0.5, 0.6) is 0 Å². The van der Waals surface area contributed by atoms with E-state index in [1.54, 1.807) is 0 Å². The Kier molecular flexibility index (Phi) is 2.78. The maximum absolute atomic E-state index is 12.2. The number of thiazole rings is 1. The molecule has 0 atom stereocenters. The minimum atomic E-state index is -4.35. The zero-order chi connectivity index (χ0) is 11.1. The molecule has 80 valence electrons. The highest BCUT2D eigenvalue weighted by atomic mass is 35.5. The average molecular weight is 271 g/mol. The highest BCUT2D eigenvalue weighted by Gasteiger charge is 2.31. The fraction of sp³-hybridized carbons (Fsp3) is 0.143. The molecule has 0 spiro atoms. The van der Waals surface area contributed by atoms with Gasteiger partial charge in [0, 0.05) is 4.90 Å². The maximum atomic E-state index is 12.2. The molecular formula is C7H2ClF3N2S2. The fourth-order valence-corrected chi connectivity index (χ4v) is 2.72. The largest absolute Gasteiger partial charge is 0.446 e. The van der Waals surface area contributed by atoms with Crippen molar-refractivity contribution in [3.05, 3.63) is 16.7 Å². The van der Waals surface area contributed by atoms with Gasteiger partial charge in [-0.05, 0) is 17.8 Å². The second-order valence-corrected chi connectivity index (χ2v) is 4.82. The topological polar surface area (TPSA) is 25.8 Å². The summed E-state index contributed by atoms with van der Waals surface area (Å²) in [6.45, 7) is 0. The predicted octanol–water partition coefficient (Wildman–Crippen LogP) is 3.96. The van der Waals surface area contributed by atoms with E-state index in [0.717, 1.165) is 11.3 Å². The van der Waals surface area contributed by atoms with Crippen LogP contribution >= 0.6 is 34.7 Å². The lowest BCUT2D eigenvalue weighted by Gasteiger charge is -2.05. The van der Waals surface area contributed by atoms with E-state index in [1.165, 1.54) is 11.6 Å². The van der Waals surface area contributed by atoms with Gasteiger partial charge in [0.25, 0.3) is 0 Å². The zero-order valence-corrected chi connectivity index (χ0v) is 9.27. The maximum Gasteiger partial charge on any atom is 0.446 e. The van der Waals surface area contributed by atoms with Gasteiger partial charge in [0.15, 0.2) is 0 Å². The molecule has 0 saturated heterocycles. The van der Waals surface area contributed by atoms with Crippen LogP contribution in [0, 0.1) is 0 Å². The molecule has 0 radical (unpaired) electrons. The van der Waals surface area contributed by atoms with E-state index in [9.17, 15) is 13.2 Å². The molecule has 0 bridgehead atoms. The Morgan fingerprint density at radius 3 is 2.80 bits per heavy atom. The molecule has 0 fully saturated rings. The van der Waals surface area contributed by atoms with E-state index in [1.807, 2.05) is 0 Å². The first-order valence-corrected chi connectivity index (χ1v) is 5.68. The first-order chi connectivity index (χ1) is 6.96.